The van der Waals surface area contributed by atoms with E-state index in [-0.39, 0.29) is 5.91 Å². The Kier molecular flexibility index (Phi) is 6.94. The number of carbonyl (C=O) groups is 1. The van der Waals surface area contributed by atoms with E-state index >= 15 is 0 Å². The molecule has 0 bridgehead atoms. The number of hydrogen-bond donors (Lipinski definition) is 2. The van der Waals surface area contributed by atoms with E-state index in [2.05, 4.69) is 27.4 Å². The van der Waals surface area contributed by atoms with Crippen LogP contribution in [0.15, 0.2) is 85.2 Å². The number of fused-ring (bicyclic) bond motifs is 1. The number of nitrogens with zero attached hydrogens (tertiary/aromatic N) is 2. The average molecular weight is 495 g/mol. The Morgan fingerprint density at radius 1 is 1.00 bits per heavy atom. The van der Waals surface area contributed by atoms with Gasteiger partial charge >= 0.3 is 0 Å². The minimum absolute atomic E-state index is 0.0649. The number of rotatable bonds is 9. The van der Waals surface area contributed by atoms with Crippen LogP contribution in [-0.4, -0.2) is 34.7 Å². The van der Waals surface area contributed by atoms with E-state index in [1.165, 1.54) is 0 Å². The lowest BCUT2D eigenvalue weighted by Gasteiger charge is -2.21. The highest BCUT2D eigenvalue weighted by Gasteiger charge is 2.24. The molecule has 2 N–H and O–H groups in total. The van der Waals surface area contributed by atoms with Gasteiger partial charge in [0.05, 0.1) is 14.2 Å². The molecule has 1 atom stereocenters. The Morgan fingerprint density at radius 2 is 1.76 bits per heavy atom. The van der Waals surface area contributed by atoms with Crippen molar-refractivity contribution in [2.24, 2.45) is 7.05 Å². The summed E-state index contributed by atoms with van der Waals surface area (Å²) in [5.74, 6) is 2.18. The van der Waals surface area contributed by atoms with Gasteiger partial charge in [-0.3, -0.25) is 4.79 Å². The predicted molar refractivity (Wildman–Crippen MR) is 145 cm³/mol. The first-order chi connectivity index (χ1) is 18.1. The van der Waals surface area contributed by atoms with Gasteiger partial charge in [0.1, 0.15) is 23.4 Å². The standard InChI is InChI=1S/C30H30N4O3/c1-34-19-18-31-30(34)29(24-9-5-7-11-26(24)37-3)33-27(35)17-16-23-22-8-4-6-10-25(22)32-28(23)20-12-14-21(36-2)15-13-20/h4-15,18-19,29,32H,16-17H2,1-3H3,(H,33,35). The Morgan fingerprint density at radius 3 is 2.49 bits per heavy atom. The van der Waals surface area contributed by atoms with Gasteiger partial charge in [0.2, 0.25) is 5.91 Å². The van der Waals surface area contributed by atoms with Crippen molar-refractivity contribution in [2.45, 2.75) is 18.9 Å². The number of methoxy groups -OCH3 is 2. The van der Waals surface area contributed by atoms with E-state index in [0.29, 0.717) is 18.6 Å². The van der Waals surface area contributed by atoms with Gasteiger partial charge in [0, 0.05) is 48.0 Å². The van der Waals surface area contributed by atoms with Gasteiger partial charge in [-0.25, -0.2) is 4.98 Å². The summed E-state index contributed by atoms with van der Waals surface area (Å²) >= 11 is 0. The fourth-order valence-electron chi connectivity index (χ4n) is 4.78. The monoisotopic (exact) mass is 494 g/mol. The summed E-state index contributed by atoms with van der Waals surface area (Å²) < 4.78 is 12.8. The molecule has 0 aliphatic rings. The van der Waals surface area contributed by atoms with E-state index < -0.39 is 6.04 Å². The molecular formula is C30H30N4O3. The van der Waals surface area contributed by atoms with Crippen LogP contribution in [0, 0.1) is 0 Å². The highest BCUT2D eigenvalue weighted by molar-refractivity contribution is 5.91. The van der Waals surface area contributed by atoms with Crippen LogP contribution in [0.4, 0.5) is 0 Å². The highest BCUT2D eigenvalue weighted by atomic mass is 16.5. The summed E-state index contributed by atoms with van der Waals surface area (Å²) in [7, 11) is 5.21. The molecule has 7 heteroatoms. The molecule has 1 unspecified atom stereocenters. The topological polar surface area (TPSA) is 81.2 Å². The van der Waals surface area contributed by atoms with Crippen molar-refractivity contribution in [3.63, 3.8) is 0 Å². The van der Waals surface area contributed by atoms with Crippen LogP contribution in [0.25, 0.3) is 22.2 Å². The summed E-state index contributed by atoms with van der Waals surface area (Å²) in [6.07, 6.45) is 4.51. The SMILES string of the molecule is COc1ccc(-c2[nH]c3ccccc3c2CCC(=O)NC(c2ccccc2OC)c2nccn2C)cc1. The number of hydrogen-bond acceptors (Lipinski definition) is 4. The van der Waals surface area contributed by atoms with Crippen molar-refractivity contribution in [1.29, 1.82) is 0 Å². The molecular weight excluding hydrogens is 464 g/mol. The van der Waals surface area contributed by atoms with Crippen molar-refractivity contribution in [3.05, 3.63) is 102 Å². The number of aryl methyl sites for hydroxylation is 2. The summed E-state index contributed by atoms with van der Waals surface area (Å²) in [5.41, 5.74) is 5.08. The van der Waals surface area contributed by atoms with E-state index in [1.54, 1.807) is 20.4 Å². The van der Waals surface area contributed by atoms with Gasteiger partial charge in [0.15, 0.2) is 0 Å². The molecule has 5 aromatic rings. The van der Waals surface area contributed by atoms with E-state index in [0.717, 1.165) is 44.9 Å². The zero-order valence-electron chi connectivity index (χ0n) is 21.2. The quantitative estimate of drug-likeness (QED) is 0.287. The molecule has 0 aliphatic heterocycles. The number of imidazole rings is 1. The summed E-state index contributed by atoms with van der Waals surface area (Å²) in [5, 5.41) is 4.32. The lowest BCUT2D eigenvalue weighted by molar-refractivity contribution is -0.121. The molecule has 0 saturated carbocycles. The lowest BCUT2D eigenvalue weighted by Crippen LogP contribution is -2.31. The van der Waals surface area contributed by atoms with E-state index in [1.807, 2.05) is 78.5 Å². The maximum Gasteiger partial charge on any atom is 0.221 e. The molecule has 37 heavy (non-hydrogen) atoms. The Labute approximate surface area is 216 Å². The predicted octanol–water partition coefficient (Wildman–Crippen LogP) is 5.42. The van der Waals surface area contributed by atoms with Crippen LogP contribution >= 0.6 is 0 Å². The molecule has 0 fully saturated rings. The van der Waals surface area contributed by atoms with Gasteiger partial charge in [-0.15, -0.1) is 0 Å². The van der Waals surface area contributed by atoms with Crippen LogP contribution in [0.3, 0.4) is 0 Å². The third kappa shape index (κ3) is 4.93. The number of carbonyl (C=O) groups excluding carboxylic acids is 1. The summed E-state index contributed by atoms with van der Waals surface area (Å²) in [6.45, 7) is 0. The number of H-pyrrole nitrogens is 1. The molecule has 0 radical (unpaired) electrons. The zero-order chi connectivity index (χ0) is 25.8. The van der Waals surface area contributed by atoms with E-state index in [9.17, 15) is 4.79 Å². The van der Waals surface area contributed by atoms with Gasteiger partial charge in [-0.05, 0) is 53.9 Å². The number of amides is 1. The van der Waals surface area contributed by atoms with Crippen LogP contribution in [0.1, 0.15) is 29.4 Å². The number of aromatic nitrogens is 3. The molecule has 7 nitrogen and oxygen atoms in total. The van der Waals surface area contributed by atoms with Crippen LogP contribution in [-0.2, 0) is 18.3 Å². The first-order valence-electron chi connectivity index (χ1n) is 12.2. The average Bonchev–Trinajstić information content (AvgIpc) is 3.53. The maximum atomic E-state index is 13.4. The second-order valence-corrected chi connectivity index (χ2v) is 8.89. The Bertz CT molecular complexity index is 1520. The van der Waals surface area contributed by atoms with E-state index in [4.69, 9.17) is 9.47 Å². The fourth-order valence-corrected chi connectivity index (χ4v) is 4.78. The van der Waals surface area contributed by atoms with Gasteiger partial charge in [-0.2, -0.15) is 0 Å². The third-order valence-electron chi connectivity index (χ3n) is 6.67. The van der Waals surface area contributed by atoms with Crippen LogP contribution < -0.4 is 14.8 Å². The molecule has 0 spiro atoms. The maximum absolute atomic E-state index is 13.4. The number of ether oxygens (including phenoxy) is 2. The smallest absolute Gasteiger partial charge is 0.221 e. The number of nitrogens with one attached hydrogen (secondary N) is 2. The minimum atomic E-state index is -0.437. The van der Waals surface area contributed by atoms with Crippen molar-refractivity contribution in [1.82, 2.24) is 19.9 Å². The van der Waals surface area contributed by atoms with Crippen LogP contribution in [0.5, 0.6) is 11.5 Å². The molecule has 1 amide bonds. The first kappa shape index (κ1) is 24.2. The van der Waals surface area contributed by atoms with Crippen molar-refractivity contribution in [3.8, 4) is 22.8 Å². The molecule has 5 rings (SSSR count). The second kappa shape index (κ2) is 10.6. The molecule has 0 saturated heterocycles. The summed E-state index contributed by atoms with van der Waals surface area (Å²) in [4.78, 5) is 21.4. The van der Waals surface area contributed by atoms with Crippen molar-refractivity contribution < 1.29 is 14.3 Å². The number of benzene rings is 3. The van der Waals surface area contributed by atoms with Gasteiger partial charge < -0.3 is 24.3 Å². The molecule has 2 aromatic heterocycles. The molecule has 2 heterocycles. The van der Waals surface area contributed by atoms with Crippen molar-refractivity contribution >= 4 is 16.8 Å². The molecule has 0 aliphatic carbocycles. The van der Waals surface area contributed by atoms with Gasteiger partial charge in [-0.1, -0.05) is 36.4 Å². The third-order valence-corrected chi connectivity index (χ3v) is 6.67. The normalized spacial score (nSPS) is 11.9. The Balaban J connectivity index is 1.42. The Hall–Kier alpha value is -4.52. The van der Waals surface area contributed by atoms with Gasteiger partial charge in [0.25, 0.3) is 0 Å². The van der Waals surface area contributed by atoms with Crippen LogP contribution in [0.2, 0.25) is 0 Å². The summed E-state index contributed by atoms with van der Waals surface area (Å²) in [6, 6.07) is 23.4. The molecule has 3 aromatic carbocycles. The zero-order valence-corrected chi connectivity index (χ0v) is 21.2. The molecule has 188 valence electrons. The number of para-hydroxylation sites is 2. The minimum Gasteiger partial charge on any atom is -0.497 e. The first-order valence-corrected chi connectivity index (χ1v) is 12.2. The fraction of sp³-hybridized carbons (Fsp3) is 0.200. The largest absolute Gasteiger partial charge is 0.497 e. The number of aromatic amines is 1. The second-order valence-electron chi connectivity index (χ2n) is 8.89. The highest BCUT2D eigenvalue weighted by Crippen LogP contribution is 2.33. The lowest BCUT2D eigenvalue weighted by atomic mass is 10.00. The van der Waals surface area contributed by atoms with Crippen molar-refractivity contribution in [2.75, 3.05) is 14.2 Å².